The SMILES string of the molecule is Cc1nn(Cc2ccc(Cl)cc2)c(Cl)c1C=NNC(=O)OC(C)(C)C. The highest BCUT2D eigenvalue weighted by molar-refractivity contribution is 6.32. The van der Waals surface area contributed by atoms with E-state index in [-0.39, 0.29) is 0 Å². The molecule has 0 radical (unpaired) electrons. The van der Waals surface area contributed by atoms with Crippen molar-refractivity contribution in [2.75, 3.05) is 0 Å². The maximum atomic E-state index is 11.6. The zero-order chi connectivity index (χ0) is 18.6. The molecule has 8 heteroatoms. The number of nitrogens with one attached hydrogen (secondary N) is 1. The van der Waals surface area contributed by atoms with E-state index in [2.05, 4.69) is 15.6 Å². The molecule has 1 N–H and O–H groups in total. The summed E-state index contributed by atoms with van der Waals surface area (Å²) in [6, 6.07) is 7.45. The van der Waals surface area contributed by atoms with Crippen molar-refractivity contribution in [3.63, 3.8) is 0 Å². The molecule has 0 fully saturated rings. The first-order valence-corrected chi connectivity index (χ1v) is 8.41. The Morgan fingerprint density at radius 1 is 1.32 bits per heavy atom. The van der Waals surface area contributed by atoms with E-state index in [1.54, 1.807) is 25.5 Å². The van der Waals surface area contributed by atoms with Gasteiger partial charge in [0.05, 0.1) is 24.0 Å². The van der Waals surface area contributed by atoms with Gasteiger partial charge in [0, 0.05) is 5.02 Å². The second-order valence-electron chi connectivity index (χ2n) is 6.45. The van der Waals surface area contributed by atoms with E-state index in [4.69, 9.17) is 27.9 Å². The maximum absolute atomic E-state index is 11.6. The number of nitrogens with zero attached hydrogens (tertiary/aromatic N) is 3. The van der Waals surface area contributed by atoms with Gasteiger partial charge < -0.3 is 4.74 Å². The number of benzene rings is 1. The largest absolute Gasteiger partial charge is 0.443 e. The van der Waals surface area contributed by atoms with E-state index in [1.807, 2.05) is 31.2 Å². The fraction of sp³-hybridized carbons (Fsp3) is 0.353. The lowest BCUT2D eigenvalue weighted by molar-refractivity contribution is 0.0529. The smallest absolute Gasteiger partial charge is 0.428 e. The van der Waals surface area contributed by atoms with Gasteiger partial charge in [-0.15, -0.1) is 0 Å². The van der Waals surface area contributed by atoms with Crippen LogP contribution in [0.3, 0.4) is 0 Å². The van der Waals surface area contributed by atoms with E-state index in [1.165, 1.54) is 6.21 Å². The summed E-state index contributed by atoms with van der Waals surface area (Å²) in [7, 11) is 0. The van der Waals surface area contributed by atoms with Crippen LogP contribution in [0.5, 0.6) is 0 Å². The third kappa shape index (κ3) is 5.76. The zero-order valence-electron chi connectivity index (χ0n) is 14.5. The lowest BCUT2D eigenvalue weighted by Gasteiger charge is -2.18. The molecule has 0 aliphatic rings. The van der Waals surface area contributed by atoms with Gasteiger partial charge in [-0.25, -0.2) is 14.9 Å². The molecule has 0 saturated heterocycles. The van der Waals surface area contributed by atoms with Gasteiger partial charge in [-0.2, -0.15) is 10.2 Å². The fourth-order valence-electron chi connectivity index (χ4n) is 2.03. The Bertz CT molecular complexity index is 777. The molecule has 0 aliphatic carbocycles. The number of rotatable bonds is 4. The minimum Gasteiger partial charge on any atom is -0.443 e. The van der Waals surface area contributed by atoms with Gasteiger partial charge in [0.1, 0.15) is 10.8 Å². The Morgan fingerprint density at radius 2 is 1.96 bits per heavy atom. The summed E-state index contributed by atoms with van der Waals surface area (Å²) >= 11 is 12.3. The number of aryl methyl sites for hydroxylation is 1. The Balaban J connectivity index is 2.07. The van der Waals surface area contributed by atoms with Crippen LogP contribution in [-0.2, 0) is 11.3 Å². The summed E-state index contributed by atoms with van der Waals surface area (Å²) in [4.78, 5) is 11.6. The number of hydrazone groups is 1. The second-order valence-corrected chi connectivity index (χ2v) is 7.24. The monoisotopic (exact) mass is 382 g/mol. The first-order chi connectivity index (χ1) is 11.7. The number of aromatic nitrogens is 2. The number of carbonyl (C=O) groups is 1. The molecule has 134 valence electrons. The minimum atomic E-state index is -0.633. The Kier molecular flexibility index (Phi) is 6.08. The number of hydrogen-bond donors (Lipinski definition) is 1. The molecule has 25 heavy (non-hydrogen) atoms. The number of amides is 1. The van der Waals surface area contributed by atoms with Crippen molar-refractivity contribution in [2.24, 2.45) is 5.10 Å². The second kappa shape index (κ2) is 7.89. The van der Waals surface area contributed by atoms with E-state index in [0.717, 1.165) is 5.56 Å². The summed E-state index contributed by atoms with van der Waals surface area (Å²) in [5, 5.41) is 9.38. The van der Waals surface area contributed by atoms with Crippen molar-refractivity contribution in [3.8, 4) is 0 Å². The molecule has 1 aromatic carbocycles. The predicted molar refractivity (Wildman–Crippen MR) is 99.5 cm³/mol. The molecule has 0 aliphatic heterocycles. The van der Waals surface area contributed by atoms with Crippen LogP contribution >= 0.6 is 23.2 Å². The Hall–Kier alpha value is -2.05. The number of ether oxygens (including phenoxy) is 1. The van der Waals surface area contributed by atoms with Crippen molar-refractivity contribution < 1.29 is 9.53 Å². The summed E-state index contributed by atoms with van der Waals surface area (Å²) in [5.74, 6) is 0. The highest BCUT2D eigenvalue weighted by atomic mass is 35.5. The van der Waals surface area contributed by atoms with E-state index < -0.39 is 11.7 Å². The summed E-state index contributed by atoms with van der Waals surface area (Å²) in [5.41, 5.74) is 4.07. The fourth-order valence-corrected chi connectivity index (χ4v) is 2.44. The average molecular weight is 383 g/mol. The number of halogens is 2. The molecule has 0 saturated carbocycles. The highest BCUT2D eigenvalue weighted by Crippen LogP contribution is 2.20. The first kappa shape index (κ1) is 19.3. The molecule has 1 amide bonds. The van der Waals surface area contributed by atoms with E-state index in [9.17, 15) is 4.79 Å². The van der Waals surface area contributed by atoms with Crippen LogP contribution < -0.4 is 5.43 Å². The molecule has 0 bridgehead atoms. The van der Waals surface area contributed by atoms with Gasteiger partial charge in [0.2, 0.25) is 0 Å². The Morgan fingerprint density at radius 3 is 2.56 bits per heavy atom. The zero-order valence-corrected chi connectivity index (χ0v) is 16.0. The van der Waals surface area contributed by atoms with Gasteiger partial charge in [-0.05, 0) is 45.4 Å². The Labute approximate surface area is 156 Å². The molecule has 0 spiro atoms. The van der Waals surface area contributed by atoms with Crippen molar-refractivity contribution in [3.05, 3.63) is 51.3 Å². The lowest BCUT2D eigenvalue weighted by Crippen LogP contribution is -2.29. The highest BCUT2D eigenvalue weighted by Gasteiger charge is 2.16. The van der Waals surface area contributed by atoms with Gasteiger partial charge in [-0.3, -0.25) is 0 Å². The van der Waals surface area contributed by atoms with Crippen LogP contribution in [0.4, 0.5) is 4.79 Å². The molecule has 1 heterocycles. The van der Waals surface area contributed by atoms with Gasteiger partial charge in [0.15, 0.2) is 0 Å². The van der Waals surface area contributed by atoms with Crippen molar-refractivity contribution >= 4 is 35.5 Å². The molecular weight excluding hydrogens is 363 g/mol. The van der Waals surface area contributed by atoms with Crippen LogP contribution in [0.15, 0.2) is 29.4 Å². The van der Waals surface area contributed by atoms with Crippen molar-refractivity contribution in [1.29, 1.82) is 0 Å². The van der Waals surface area contributed by atoms with Gasteiger partial charge in [-0.1, -0.05) is 35.3 Å². The standard InChI is InChI=1S/C17H20Cl2N4O2/c1-11-14(9-20-21-16(24)25-17(2,3)4)15(19)23(22-11)10-12-5-7-13(18)8-6-12/h5-9H,10H2,1-4H3,(H,21,24). The first-order valence-electron chi connectivity index (χ1n) is 7.65. The number of carbonyl (C=O) groups excluding carboxylic acids is 1. The van der Waals surface area contributed by atoms with Gasteiger partial charge in [0.25, 0.3) is 0 Å². The topological polar surface area (TPSA) is 68.5 Å². The quantitative estimate of drug-likeness (QED) is 0.628. The summed E-state index contributed by atoms with van der Waals surface area (Å²) < 4.78 is 6.76. The molecular formula is C17H20Cl2N4O2. The summed E-state index contributed by atoms with van der Waals surface area (Å²) in [6.45, 7) is 7.65. The van der Waals surface area contributed by atoms with Crippen LogP contribution in [0.25, 0.3) is 0 Å². The van der Waals surface area contributed by atoms with E-state index in [0.29, 0.717) is 28.0 Å². The molecule has 0 atom stereocenters. The number of hydrogen-bond acceptors (Lipinski definition) is 4. The summed E-state index contributed by atoms with van der Waals surface area (Å²) in [6.07, 6.45) is 0.818. The van der Waals surface area contributed by atoms with Crippen LogP contribution in [0.1, 0.15) is 37.6 Å². The third-order valence-electron chi connectivity index (χ3n) is 3.10. The molecule has 1 aromatic heterocycles. The average Bonchev–Trinajstić information content (AvgIpc) is 2.75. The molecule has 0 unspecified atom stereocenters. The van der Waals surface area contributed by atoms with Gasteiger partial charge >= 0.3 is 6.09 Å². The third-order valence-corrected chi connectivity index (χ3v) is 3.75. The minimum absolute atomic E-state index is 0.433. The predicted octanol–water partition coefficient (Wildman–Crippen LogP) is 4.41. The van der Waals surface area contributed by atoms with Crippen LogP contribution in [-0.4, -0.2) is 27.7 Å². The van der Waals surface area contributed by atoms with E-state index >= 15 is 0 Å². The van der Waals surface area contributed by atoms with Crippen LogP contribution in [0.2, 0.25) is 10.2 Å². The molecule has 2 rings (SSSR count). The normalized spacial score (nSPS) is 11.8. The molecule has 6 nitrogen and oxygen atoms in total. The lowest BCUT2D eigenvalue weighted by atomic mass is 10.2. The maximum Gasteiger partial charge on any atom is 0.428 e. The van der Waals surface area contributed by atoms with Crippen LogP contribution in [0, 0.1) is 6.92 Å². The van der Waals surface area contributed by atoms with Crippen molar-refractivity contribution in [2.45, 2.75) is 39.8 Å². The van der Waals surface area contributed by atoms with Crippen molar-refractivity contribution in [1.82, 2.24) is 15.2 Å². The molecule has 2 aromatic rings.